The Bertz CT molecular complexity index is 598. The average molecular weight is 273 g/mol. The van der Waals surface area contributed by atoms with E-state index >= 15 is 0 Å². The zero-order chi connectivity index (χ0) is 13.9. The van der Waals surface area contributed by atoms with E-state index in [0.717, 1.165) is 25.1 Å². The lowest BCUT2D eigenvalue weighted by Crippen LogP contribution is -2.42. The molecule has 1 aromatic rings. The predicted molar refractivity (Wildman–Crippen MR) is 74.9 cm³/mol. The van der Waals surface area contributed by atoms with Crippen LogP contribution in [-0.4, -0.2) is 40.9 Å². The largest absolute Gasteiger partial charge is 0.504 e. The number of aliphatic hydroxyl groups excluding tert-OH is 1. The van der Waals surface area contributed by atoms with E-state index in [-0.39, 0.29) is 17.3 Å². The lowest BCUT2D eigenvalue weighted by molar-refractivity contribution is 0.0822. The molecular formula is C16H19NO3. The standard InChI is InChI=1S/C16H19NO3/c1-17-7-6-16-5-4-11(18)8-13(16)20-15-12(19)3-2-10(9-17)14(15)16/h2-5,11,13,18-19H,6-9H2,1H3/t11-,13?,16?/m1/s1. The van der Waals surface area contributed by atoms with Crippen molar-refractivity contribution in [1.29, 1.82) is 0 Å². The van der Waals surface area contributed by atoms with Crippen molar-refractivity contribution in [3.8, 4) is 11.5 Å². The molecule has 0 aromatic heterocycles. The van der Waals surface area contributed by atoms with E-state index in [0.29, 0.717) is 12.2 Å². The zero-order valence-corrected chi connectivity index (χ0v) is 11.5. The summed E-state index contributed by atoms with van der Waals surface area (Å²) in [6.07, 6.45) is 5.02. The molecule has 1 spiro atoms. The summed E-state index contributed by atoms with van der Waals surface area (Å²) in [7, 11) is 2.12. The number of aliphatic hydroxyl groups is 1. The molecule has 0 saturated carbocycles. The second kappa shape index (κ2) is 3.99. The summed E-state index contributed by atoms with van der Waals surface area (Å²) in [5.41, 5.74) is 2.17. The van der Waals surface area contributed by atoms with Crippen LogP contribution in [0.1, 0.15) is 24.0 Å². The molecule has 2 unspecified atom stereocenters. The number of hydrogen-bond donors (Lipinski definition) is 2. The fraction of sp³-hybridized carbons (Fsp3) is 0.500. The minimum atomic E-state index is -0.452. The van der Waals surface area contributed by atoms with E-state index in [4.69, 9.17) is 4.74 Å². The summed E-state index contributed by atoms with van der Waals surface area (Å²) >= 11 is 0. The maximum absolute atomic E-state index is 10.1. The fourth-order valence-corrected chi connectivity index (χ4v) is 3.93. The Labute approximate surface area is 118 Å². The van der Waals surface area contributed by atoms with Crippen LogP contribution in [0.3, 0.4) is 0 Å². The molecule has 4 nitrogen and oxygen atoms in total. The summed E-state index contributed by atoms with van der Waals surface area (Å²) in [5, 5.41) is 20.0. The predicted octanol–water partition coefficient (Wildman–Crippen LogP) is 1.55. The summed E-state index contributed by atoms with van der Waals surface area (Å²) in [6, 6.07) is 3.72. The van der Waals surface area contributed by atoms with Gasteiger partial charge in [-0.3, -0.25) is 0 Å². The van der Waals surface area contributed by atoms with Crippen LogP contribution in [0.25, 0.3) is 0 Å². The van der Waals surface area contributed by atoms with Crippen LogP contribution in [0.15, 0.2) is 24.3 Å². The molecule has 2 aliphatic heterocycles. The van der Waals surface area contributed by atoms with Crippen molar-refractivity contribution in [1.82, 2.24) is 4.90 Å². The third-order valence-corrected chi connectivity index (χ3v) is 4.94. The molecule has 0 bridgehead atoms. The first-order valence-corrected chi connectivity index (χ1v) is 7.18. The van der Waals surface area contributed by atoms with Gasteiger partial charge in [0.25, 0.3) is 0 Å². The molecule has 0 radical (unpaired) electrons. The van der Waals surface area contributed by atoms with E-state index in [2.05, 4.69) is 18.0 Å². The number of ether oxygens (including phenoxy) is 1. The molecule has 3 atom stereocenters. The maximum atomic E-state index is 10.1. The van der Waals surface area contributed by atoms with Gasteiger partial charge in [-0.25, -0.2) is 0 Å². The summed E-state index contributed by atoms with van der Waals surface area (Å²) < 4.78 is 6.04. The number of hydrogen-bond acceptors (Lipinski definition) is 4. The van der Waals surface area contributed by atoms with Crippen molar-refractivity contribution < 1.29 is 14.9 Å². The van der Waals surface area contributed by atoms with Gasteiger partial charge in [-0.05, 0) is 31.6 Å². The van der Waals surface area contributed by atoms with Gasteiger partial charge < -0.3 is 19.8 Å². The highest BCUT2D eigenvalue weighted by molar-refractivity contribution is 5.60. The zero-order valence-electron chi connectivity index (χ0n) is 11.5. The first-order valence-electron chi connectivity index (χ1n) is 7.18. The number of nitrogens with zero attached hydrogens (tertiary/aromatic N) is 1. The van der Waals surface area contributed by atoms with Crippen molar-refractivity contribution in [2.45, 2.75) is 37.0 Å². The molecule has 0 fully saturated rings. The van der Waals surface area contributed by atoms with Gasteiger partial charge in [0.1, 0.15) is 6.10 Å². The van der Waals surface area contributed by atoms with Gasteiger partial charge in [0.15, 0.2) is 11.5 Å². The lowest BCUT2D eigenvalue weighted by Gasteiger charge is -2.35. The van der Waals surface area contributed by atoms with Gasteiger partial charge >= 0.3 is 0 Å². The molecule has 4 rings (SSSR count). The monoisotopic (exact) mass is 273 g/mol. The molecule has 0 amide bonds. The smallest absolute Gasteiger partial charge is 0.165 e. The molecular weight excluding hydrogens is 254 g/mol. The van der Waals surface area contributed by atoms with Crippen molar-refractivity contribution in [3.05, 3.63) is 35.4 Å². The van der Waals surface area contributed by atoms with Gasteiger partial charge in [0, 0.05) is 18.5 Å². The van der Waals surface area contributed by atoms with E-state index < -0.39 is 6.10 Å². The minimum absolute atomic E-state index is 0.0731. The Balaban J connectivity index is 1.96. The molecule has 106 valence electrons. The van der Waals surface area contributed by atoms with E-state index in [1.807, 2.05) is 12.1 Å². The molecule has 4 heteroatoms. The van der Waals surface area contributed by atoms with Crippen molar-refractivity contribution in [2.24, 2.45) is 0 Å². The van der Waals surface area contributed by atoms with Crippen molar-refractivity contribution in [2.75, 3.05) is 13.6 Å². The van der Waals surface area contributed by atoms with E-state index in [1.165, 1.54) is 5.56 Å². The quantitative estimate of drug-likeness (QED) is 0.704. The van der Waals surface area contributed by atoms with Crippen LogP contribution < -0.4 is 4.74 Å². The van der Waals surface area contributed by atoms with Crippen LogP contribution >= 0.6 is 0 Å². The van der Waals surface area contributed by atoms with Crippen LogP contribution in [0.2, 0.25) is 0 Å². The van der Waals surface area contributed by atoms with Crippen LogP contribution in [0.5, 0.6) is 11.5 Å². The number of phenolic OH excluding ortho intramolecular Hbond substituents is 1. The first kappa shape index (κ1) is 12.2. The third kappa shape index (κ3) is 1.49. The SMILES string of the molecule is CN1CCC23C=C[C@@H](O)CC2Oc2c(O)ccc(c23)C1. The molecule has 1 aliphatic carbocycles. The molecule has 1 aromatic carbocycles. The Morgan fingerprint density at radius 2 is 2.25 bits per heavy atom. The van der Waals surface area contributed by atoms with E-state index in [9.17, 15) is 10.2 Å². The van der Waals surface area contributed by atoms with Crippen molar-refractivity contribution in [3.63, 3.8) is 0 Å². The maximum Gasteiger partial charge on any atom is 0.165 e. The second-order valence-electron chi connectivity index (χ2n) is 6.24. The van der Waals surface area contributed by atoms with Gasteiger partial charge in [-0.15, -0.1) is 0 Å². The average Bonchev–Trinajstić information content (AvgIpc) is 2.68. The Morgan fingerprint density at radius 3 is 3.10 bits per heavy atom. The highest BCUT2D eigenvalue weighted by Crippen LogP contribution is 2.55. The van der Waals surface area contributed by atoms with Gasteiger partial charge in [-0.1, -0.05) is 18.2 Å². The molecule has 2 N–H and O–H groups in total. The normalized spacial score (nSPS) is 35.1. The minimum Gasteiger partial charge on any atom is -0.504 e. The third-order valence-electron chi connectivity index (χ3n) is 4.94. The topological polar surface area (TPSA) is 52.9 Å². The highest BCUT2D eigenvalue weighted by Gasteiger charge is 2.52. The number of aromatic hydroxyl groups is 1. The van der Waals surface area contributed by atoms with Crippen LogP contribution in [-0.2, 0) is 12.0 Å². The highest BCUT2D eigenvalue weighted by atomic mass is 16.5. The summed E-state index contributed by atoms with van der Waals surface area (Å²) in [4.78, 5) is 2.30. The number of phenols is 1. The molecule has 2 heterocycles. The Hall–Kier alpha value is -1.52. The second-order valence-corrected chi connectivity index (χ2v) is 6.24. The van der Waals surface area contributed by atoms with Gasteiger partial charge in [-0.2, -0.15) is 0 Å². The lowest BCUT2D eigenvalue weighted by atomic mass is 9.69. The Kier molecular flexibility index (Phi) is 2.44. The number of rotatable bonds is 0. The van der Waals surface area contributed by atoms with Gasteiger partial charge in [0.2, 0.25) is 0 Å². The molecule has 20 heavy (non-hydrogen) atoms. The van der Waals surface area contributed by atoms with Crippen LogP contribution in [0.4, 0.5) is 0 Å². The molecule has 0 saturated heterocycles. The van der Waals surface area contributed by atoms with E-state index in [1.54, 1.807) is 6.07 Å². The summed E-state index contributed by atoms with van der Waals surface area (Å²) in [5.74, 6) is 0.839. The fourth-order valence-electron chi connectivity index (χ4n) is 3.93. The van der Waals surface area contributed by atoms with Gasteiger partial charge in [0.05, 0.1) is 11.5 Å². The summed E-state index contributed by atoms with van der Waals surface area (Å²) in [6.45, 7) is 1.85. The number of benzene rings is 1. The molecule has 3 aliphatic rings. The first-order chi connectivity index (χ1) is 9.60. The van der Waals surface area contributed by atoms with Crippen LogP contribution in [0, 0.1) is 0 Å². The Morgan fingerprint density at radius 1 is 1.40 bits per heavy atom. The van der Waals surface area contributed by atoms with Crippen molar-refractivity contribution >= 4 is 0 Å².